The number of carbonyl (C=O) groups excluding carboxylic acids is 1. The molecule has 1 amide bonds. The fourth-order valence-electron chi connectivity index (χ4n) is 3.11. The molecule has 1 atom stereocenters. The molecule has 0 radical (unpaired) electrons. The van der Waals surface area contributed by atoms with Crippen molar-refractivity contribution in [3.63, 3.8) is 0 Å². The van der Waals surface area contributed by atoms with E-state index in [4.69, 9.17) is 16.3 Å². The molecule has 0 aromatic heterocycles. The van der Waals surface area contributed by atoms with Crippen LogP contribution in [0, 0.1) is 6.92 Å². The number of ether oxygens (including phenoxy) is 1. The molecule has 8 heteroatoms. The first-order valence-corrected chi connectivity index (χ1v) is 10.4. The van der Waals surface area contributed by atoms with Crippen LogP contribution >= 0.6 is 11.6 Å². The quantitative estimate of drug-likeness (QED) is 0.822. The molecule has 0 aliphatic carbocycles. The lowest BCUT2D eigenvalue weighted by atomic mass is 10.2. The number of aryl methyl sites for hydroxylation is 1. The van der Waals surface area contributed by atoms with Gasteiger partial charge in [0.25, 0.3) is 0 Å². The largest absolute Gasteiger partial charge is 0.497 e. The predicted molar refractivity (Wildman–Crippen MR) is 105 cm³/mol. The highest BCUT2D eigenvalue weighted by Gasteiger charge is 2.39. The molecule has 144 valence electrons. The molecule has 3 rings (SSSR count). The van der Waals surface area contributed by atoms with E-state index in [2.05, 4.69) is 5.32 Å². The van der Waals surface area contributed by atoms with E-state index in [-0.39, 0.29) is 10.8 Å². The summed E-state index contributed by atoms with van der Waals surface area (Å²) in [6, 6.07) is 10.7. The fourth-order valence-corrected chi connectivity index (χ4v) is 5.05. The zero-order valence-corrected chi connectivity index (χ0v) is 16.7. The Kier molecular flexibility index (Phi) is 5.74. The highest BCUT2D eigenvalue weighted by molar-refractivity contribution is 7.89. The molecule has 2 aromatic rings. The van der Waals surface area contributed by atoms with Gasteiger partial charge in [0.15, 0.2) is 0 Å². The molecule has 0 bridgehead atoms. The van der Waals surface area contributed by atoms with Crippen LogP contribution in [0.15, 0.2) is 47.4 Å². The fraction of sp³-hybridized carbons (Fsp3) is 0.316. The molecular weight excluding hydrogens is 388 g/mol. The molecule has 1 saturated heterocycles. The second-order valence-corrected chi connectivity index (χ2v) is 8.72. The maximum absolute atomic E-state index is 13.0. The molecule has 0 spiro atoms. The second kappa shape index (κ2) is 7.88. The summed E-state index contributed by atoms with van der Waals surface area (Å²) in [4.78, 5) is 12.9. The lowest BCUT2D eigenvalue weighted by molar-refractivity contribution is -0.119. The summed E-state index contributed by atoms with van der Waals surface area (Å²) < 4.78 is 32.3. The molecule has 27 heavy (non-hydrogen) atoms. The van der Waals surface area contributed by atoms with Crippen molar-refractivity contribution >= 4 is 33.2 Å². The standard InChI is InChI=1S/C19H21ClN2O4S/c1-13-5-10-17(16(20)12-13)21-19(23)18-4-3-11-22(18)27(24,25)15-8-6-14(26-2)7-9-15/h5-10,12,18H,3-4,11H2,1-2H3,(H,21,23)/t18-/m0/s1. The van der Waals surface area contributed by atoms with Crippen molar-refractivity contribution in [3.8, 4) is 5.75 Å². The molecule has 0 saturated carbocycles. The Morgan fingerprint density at radius 2 is 1.93 bits per heavy atom. The Bertz CT molecular complexity index is 945. The minimum Gasteiger partial charge on any atom is -0.497 e. The minimum atomic E-state index is -3.78. The number of carbonyl (C=O) groups is 1. The van der Waals surface area contributed by atoms with Crippen LogP contribution < -0.4 is 10.1 Å². The van der Waals surface area contributed by atoms with E-state index in [1.54, 1.807) is 24.3 Å². The van der Waals surface area contributed by atoms with E-state index < -0.39 is 16.1 Å². The summed E-state index contributed by atoms with van der Waals surface area (Å²) in [5, 5.41) is 3.18. The molecule has 0 unspecified atom stereocenters. The summed E-state index contributed by atoms with van der Waals surface area (Å²) in [5.74, 6) is 0.189. The molecule has 6 nitrogen and oxygen atoms in total. The molecule has 1 fully saturated rings. The molecule has 1 N–H and O–H groups in total. The van der Waals surface area contributed by atoms with Gasteiger partial charge in [0.1, 0.15) is 11.8 Å². The smallest absolute Gasteiger partial charge is 0.243 e. The average Bonchev–Trinajstić information content (AvgIpc) is 3.15. The minimum absolute atomic E-state index is 0.136. The molecule has 1 aliphatic rings. The number of rotatable bonds is 5. The van der Waals surface area contributed by atoms with Gasteiger partial charge in [0.2, 0.25) is 15.9 Å². The van der Waals surface area contributed by atoms with Crippen LogP contribution in [0.1, 0.15) is 18.4 Å². The van der Waals surface area contributed by atoms with E-state index >= 15 is 0 Å². The van der Waals surface area contributed by atoms with Gasteiger partial charge in [-0.1, -0.05) is 17.7 Å². The lowest BCUT2D eigenvalue weighted by Gasteiger charge is -2.23. The number of nitrogens with zero attached hydrogens (tertiary/aromatic N) is 1. The average molecular weight is 409 g/mol. The van der Waals surface area contributed by atoms with Crippen molar-refractivity contribution in [2.24, 2.45) is 0 Å². The van der Waals surface area contributed by atoms with Crippen LogP contribution in [0.25, 0.3) is 0 Å². The van der Waals surface area contributed by atoms with E-state index in [0.717, 1.165) is 5.56 Å². The number of anilines is 1. The van der Waals surface area contributed by atoms with Gasteiger partial charge in [-0.25, -0.2) is 8.42 Å². The van der Waals surface area contributed by atoms with Crippen molar-refractivity contribution in [2.45, 2.75) is 30.7 Å². The Hall–Kier alpha value is -2.09. The first-order chi connectivity index (χ1) is 12.8. The van der Waals surface area contributed by atoms with Gasteiger partial charge in [0, 0.05) is 6.54 Å². The van der Waals surface area contributed by atoms with Gasteiger partial charge >= 0.3 is 0 Å². The number of methoxy groups -OCH3 is 1. The topological polar surface area (TPSA) is 75.7 Å². The third-order valence-electron chi connectivity index (χ3n) is 4.55. The zero-order valence-electron chi connectivity index (χ0n) is 15.1. The maximum atomic E-state index is 13.0. The number of sulfonamides is 1. The molecule has 2 aromatic carbocycles. The lowest BCUT2D eigenvalue weighted by Crippen LogP contribution is -2.43. The summed E-state index contributed by atoms with van der Waals surface area (Å²) in [7, 11) is -2.27. The number of hydrogen-bond donors (Lipinski definition) is 1. The third-order valence-corrected chi connectivity index (χ3v) is 6.79. The van der Waals surface area contributed by atoms with Crippen LogP contribution in [0.5, 0.6) is 5.75 Å². The van der Waals surface area contributed by atoms with Crippen molar-refractivity contribution in [1.29, 1.82) is 0 Å². The Balaban J connectivity index is 1.82. The molecular formula is C19H21ClN2O4S. The Morgan fingerprint density at radius 1 is 1.22 bits per heavy atom. The van der Waals surface area contributed by atoms with E-state index in [0.29, 0.717) is 35.8 Å². The molecule has 1 heterocycles. The SMILES string of the molecule is COc1ccc(S(=O)(=O)N2CCC[C@H]2C(=O)Nc2ccc(C)cc2Cl)cc1. The number of hydrogen-bond acceptors (Lipinski definition) is 4. The highest BCUT2D eigenvalue weighted by Crippen LogP contribution is 2.29. The van der Waals surface area contributed by atoms with Gasteiger partial charge in [-0.3, -0.25) is 4.79 Å². The van der Waals surface area contributed by atoms with Gasteiger partial charge in [-0.15, -0.1) is 0 Å². The van der Waals surface area contributed by atoms with E-state index in [1.165, 1.54) is 23.5 Å². The maximum Gasteiger partial charge on any atom is 0.243 e. The van der Waals surface area contributed by atoms with Crippen LogP contribution in [-0.2, 0) is 14.8 Å². The summed E-state index contributed by atoms with van der Waals surface area (Å²) in [6.45, 7) is 2.20. The zero-order chi connectivity index (χ0) is 19.6. The predicted octanol–water partition coefficient (Wildman–Crippen LogP) is 3.45. The van der Waals surface area contributed by atoms with Crippen LogP contribution in [0.2, 0.25) is 5.02 Å². The number of benzene rings is 2. The second-order valence-electron chi connectivity index (χ2n) is 6.42. The normalized spacial score (nSPS) is 17.7. The summed E-state index contributed by atoms with van der Waals surface area (Å²) >= 11 is 6.17. The number of amides is 1. The first kappa shape index (κ1) is 19.7. The highest BCUT2D eigenvalue weighted by atomic mass is 35.5. The molecule has 1 aliphatic heterocycles. The van der Waals surface area contributed by atoms with Gasteiger partial charge in [0.05, 0.1) is 22.7 Å². The van der Waals surface area contributed by atoms with Crippen molar-refractivity contribution in [2.75, 3.05) is 19.0 Å². The summed E-state index contributed by atoms with van der Waals surface area (Å²) in [6.07, 6.45) is 1.08. The van der Waals surface area contributed by atoms with Gasteiger partial charge < -0.3 is 10.1 Å². The van der Waals surface area contributed by atoms with Gasteiger partial charge in [-0.2, -0.15) is 4.31 Å². The Morgan fingerprint density at radius 3 is 2.56 bits per heavy atom. The first-order valence-electron chi connectivity index (χ1n) is 8.56. The monoisotopic (exact) mass is 408 g/mol. The third kappa shape index (κ3) is 4.10. The van der Waals surface area contributed by atoms with Crippen molar-refractivity contribution in [1.82, 2.24) is 4.31 Å². The van der Waals surface area contributed by atoms with Crippen LogP contribution in [0.3, 0.4) is 0 Å². The van der Waals surface area contributed by atoms with Crippen LogP contribution in [-0.4, -0.2) is 38.3 Å². The van der Waals surface area contributed by atoms with Crippen molar-refractivity contribution in [3.05, 3.63) is 53.1 Å². The summed E-state index contributed by atoms with van der Waals surface area (Å²) in [5.41, 5.74) is 1.45. The van der Waals surface area contributed by atoms with E-state index in [9.17, 15) is 13.2 Å². The Labute approximate surface area is 164 Å². The van der Waals surface area contributed by atoms with Crippen molar-refractivity contribution < 1.29 is 17.9 Å². The van der Waals surface area contributed by atoms with Crippen LogP contribution in [0.4, 0.5) is 5.69 Å². The van der Waals surface area contributed by atoms with Gasteiger partial charge in [-0.05, 0) is 61.7 Å². The number of nitrogens with one attached hydrogen (secondary N) is 1. The number of halogens is 1. The van der Waals surface area contributed by atoms with E-state index in [1.807, 2.05) is 13.0 Å².